The minimum atomic E-state index is 0.496. The fourth-order valence-electron chi connectivity index (χ4n) is 2.64. The largest absolute Gasteiger partial charge is 0.374 e. The zero-order valence-electron chi connectivity index (χ0n) is 13.7. The van der Waals surface area contributed by atoms with Crippen LogP contribution in [0.2, 0.25) is 0 Å². The third kappa shape index (κ3) is 3.29. The quantitative estimate of drug-likeness (QED) is 0.574. The number of aryl methyl sites for hydroxylation is 1. The third-order valence-corrected chi connectivity index (χ3v) is 4.56. The first-order valence-corrected chi connectivity index (χ1v) is 8.75. The van der Waals surface area contributed by atoms with Crippen LogP contribution in [-0.2, 0) is 6.42 Å². The van der Waals surface area contributed by atoms with Crippen molar-refractivity contribution in [2.75, 3.05) is 17.6 Å². The molecule has 0 saturated heterocycles. The van der Waals surface area contributed by atoms with Gasteiger partial charge in [-0.05, 0) is 6.92 Å². The van der Waals surface area contributed by atoms with Crippen molar-refractivity contribution in [3.05, 3.63) is 53.2 Å². The Morgan fingerprint density at radius 1 is 1.16 bits per heavy atom. The number of nitrogens with one attached hydrogen (secondary N) is 1. The predicted octanol–water partition coefficient (Wildman–Crippen LogP) is 2.79. The zero-order valence-corrected chi connectivity index (χ0v) is 14.5. The van der Waals surface area contributed by atoms with Gasteiger partial charge in [0, 0.05) is 30.7 Å². The van der Waals surface area contributed by atoms with Gasteiger partial charge in [-0.25, -0.2) is 4.98 Å². The van der Waals surface area contributed by atoms with Gasteiger partial charge in [-0.15, -0.1) is 10.2 Å². The first kappa shape index (κ1) is 15.5. The average molecular weight is 351 g/mol. The summed E-state index contributed by atoms with van der Waals surface area (Å²) in [7, 11) is 0. The van der Waals surface area contributed by atoms with E-state index in [-0.39, 0.29) is 0 Å². The fourth-order valence-corrected chi connectivity index (χ4v) is 3.25. The highest BCUT2D eigenvalue weighted by Crippen LogP contribution is 2.22. The highest BCUT2D eigenvalue weighted by Gasteiger charge is 2.10. The van der Waals surface area contributed by atoms with E-state index in [1.807, 2.05) is 41.8 Å². The lowest BCUT2D eigenvalue weighted by molar-refractivity contribution is 0.888. The maximum atomic E-state index is 5.62. The Balaban J connectivity index is 1.64. The highest BCUT2D eigenvalue weighted by molar-refractivity contribution is 7.15. The van der Waals surface area contributed by atoms with Gasteiger partial charge in [-0.1, -0.05) is 41.7 Å². The van der Waals surface area contributed by atoms with Crippen LogP contribution in [0.1, 0.15) is 10.7 Å². The van der Waals surface area contributed by atoms with Gasteiger partial charge < -0.3 is 11.1 Å². The zero-order chi connectivity index (χ0) is 17.2. The molecule has 0 amide bonds. The second kappa shape index (κ2) is 6.48. The topological polar surface area (TPSA) is 94.0 Å². The van der Waals surface area contributed by atoms with Crippen LogP contribution in [0, 0.1) is 6.92 Å². The molecule has 0 fully saturated rings. The van der Waals surface area contributed by atoms with Crippen LogP contribution in [-0.4, -0.2) is 31.3 Å². The first-order valence-electron chi connectivity index (χ1n) is 7.93. The van der Waals surface area contributed by atoms with Crippen molar-refractivity contribution in [2.45, 2.75) is 13.3 Å². The second-order valence-corrected chi connectivity index (χ2v) is 6.75. The Kier molecular flexibility index (Phi) is 4.02. The van der Waals surface area contributed by atoms with Crippen LogP contribution in [0.15, 0.2) is 42.5 Å². The van der Waals surface area contributed by atoms with Crippen molar-refractivity contribution >= 4 is 27.9 Å². The van der Waals surface area contributed by atoms with E-state index in [0.717, 1.165) is 39.8 Å². The summed E-state index contributed by atoms with van der Waals surface area (Å²) in [6, 6.07) is 14.1. The number of anilines is 2. The van der Waals surface area contributed by atoms with Crippen LogP contribution in [0.5, 0.6) is 0 Å². The average Bonchev–Trinajstić information content (AvgIpc) is 3.20. The molecule has 4 aromatic rings. The molecule has 0 atom stereocenters. The van der Waals surface area contributed by atoms with E-state index in [0.29, 0.717) is 11.7 Å². The van der Waals surface area contributed by atoms with Gasteiger partial charge in [-0.3, -0.25) is 0 Å². The monoisotopic (exact) mass is 351 g/mol. The van der Waals surface area contributed by atoms with Crippen molar-refractivity contribution in [2.24, 2.45) is 0 Å². The number of hydrogen-bond acceptors (Lipinski definition) is 7. The van der Waals surface area contributed by atoms with Gasteiger partial charge in [0.1, 0.15) is 10.8 Å². The molecule has 7 nitrogen and oxygen atoms in total. The molecular formula is C17H17N7S. The molecule has 3 aromatic heterocycles. The molecule has 4 rings (SSSR count). The molecule has 0 unspecified atom stereocenters. The van der Waals surface area contributed by atoms with Crippen LogP contribution in [0.25, 0.3) is 16.9 Å². The van der Waals surface area contributed by atoms with E-state index in [9.17, 15) is 0 Å². The molecule has 25 heavy (non-hydrogen) atoms. The normalized spacial score (nSPS) is 11.1. The predicted molar refractivity (Wildman–Crippen MR) is 99.7 cm³/mol. The Hall–Kier alpha value is -3.00. The summed E-state index contributed by atoms with van der Waals surface area (Å²) in [4.78, 5) is 4.72. The number of hydrogen-bond donors (Lipinski definition) is 2. The Morgan fingerprint density at radius 3 is 2.76 bits per heavy atom. The van der Waals surface area contributed by atoms with Gasteiger partial charge in [0.2, 0.25) is 5.13 Å². The number of nitrogens with zero attached hydrogens (tertiary/aromatic N) is 5. The van der Waals surface area contributed by atoms with Crippen LogP contribution in [0.3, 0.4) is 0 Å². The third-order valence-electron chi connectivity index (χ3n) is 3.75. The molecular weight excluding hydrogens is 334 g/mol. The Labute approximate surface area is 148 Å². The van der Waals surface area contributed by atoms with Crippen LogP contribution >= 0.6 is 11.3 Å². The summed E-state index contributed by atoms with van der Waals surface area (Å²) >= 11 is 1.41. The lowest BCUT2D eigenvalue weighted by atomic mass is 10.1. The van der Waals surface area contributed by atoms with Crippen molar-refractivity contribution in [1.82, 2.24) is 24.8 Å². The Bertz CT molecular complexity index is 1010. The first-order chi connectivity index (χ1) is 12.2. The van der Waals surface area contributed by atoms with E-state index < -0.39 is 0 Å². The lowest BCUT2D eigenvalue weighted by Crippen LogP contribution is -2.10. The number of nitrogens with two attached hydrogens (primary N) is 1. The fraction of sp³-hybridized carbons (Fsp3) is 0.176. The molecule has 0 bridgehead atoms. The van der Waals surface area contributed by atoms with Gasteiger partial charge in [-0.2, -0.15) is 9.61 Å². The molecule has 0 aliphatic carbocycles. The maximum absolute atomic E-state index is 5.62. The lowest BCUT2D eigenvalue weighted by Gasteiger charge is -2.10. The van der Waals surface area contributed by atoms with Gasteiger partial charge in [0.25, 0.3) is 0 Å². The summed E-state index contributed by atoms with van der Waals surface area (Å²) in [6.45, 7) is 2.67. The number of fused-ring (bicyclic) bond motifs is 1. The summed E-state index contributed by atoms with van der Waals surface area (Å²) < 4.78 is 1.83. The van der Waals surface area contributed by atoms with Gasteiger partial charge >= 0.3 is 0 Å². The highest BCUT2D eigenvalue weighted by atomic mass is 32.1. The van der Waals surface area contributed by atoms with Crippen LogP contribution < -0.4 is 11.1 Å². The van der Waals surface area contributed by atoms with Crippen molar-refractivity contribution in [1.29, 1.82) is 0 Å². The smallest absolute Gasteiger partial charge is 0.203 e. The molecule has 0 saturated carbocycles. The minimum absolute atomic E-state index is 0.496. The minimum Gasteiger partial charge on any atom is -0.374 e. The molecule has 0 aliphatic rings. The van der Waals surface area contributed by atoms with Crippen molar-refractivity contribution < 1.29 is 0 Å². The van der Waals surface area contributed by atoms with E-state index in [2.05, 4.69) is 32.7 Å². The SMILES string of the molecule is Cc1cc2nc(-c3ccccc3)cc(NCCc3nnc(N)s3)n2n1. The molecule has 0 spiro atoms. The molecule has 1 aromatic carbocycles. The van der Waals surface area contributed by atoms with E-state index in [1.165, 1.54) is 11.3 Å². The van der Waals surface area contributed by atoms with E-state index in [4.69, 9.17) is 10.7 Å². The van der Waals surface area contributed by atoms with Gasteiger partial charge in [0.15, 0.2) is 5.65 Å². The summed E-state index contributed by atoms with van der Waals surface area (Å²) in [6.07, 6.45) is 0.750. The standard InChI is InChI=1S/C17H17N7S/c1-11-9-15-20-13(12-5-3-2-4-6-12)10-14(24(15)23-11)19-8-7-16-21-22-17(18)25-16/h2-6,9-10,19H,7-8H2,1H3,(H2,18,22). The molecule has 0 radical (unpaired) electrons. The molecule has 0 aliphatic heterocycles. The van der Waals surface area contributed by atoms with Crippen LogP contribution in [0.4, 0.5) is 10.9 Å². The number of aromatic nitrogens is 5. The van der Waals surface area contributed by atoms with Gasteiger partial charge in [0.05, 0.1) is 11.4 Å². The molecule has 126 valence electrons. The Morgan fingerprint density at radius 2 is 2.00 bits per heavy atom. The van der Waals surface area contributed by atoms with Crippen molar-refractivity contribution in [3.63, 3.8) is 0 Å². The molecule has 8 heteroatoms. The summed E-state index contributed by atoms with van der Waals surface area (Å²) in [5, 5.41) is 17.2. The maximum Gasteiger partial charge on any atom is 0.203 e. The second-order valence-electron chi connectivity index (χ2n) is 5.66. The molecule has 3 heterocycles. The van der Waals surface area contributed by atoms with E-state index >= 15 is 0 Å². The number of nitrogen functional groups attached to an aromatic ring is 1. The number of benzene rings is 1. The number of rotatable bonds is 5. The van der Waals surface area contributed by atoms with Crippen molar-refractivity contribution in [3.8, 4) is 11.3 Å². The summed E-state index contributed by atoms with van der Waals surface area (Å²) in [5.74, 6) is 0.898. The van der Waals surface area contributed by atoms with E-state index in [1.54, 1.807) is 0 Å². The summed E-state index contributed by atoms with van der Waals surface area (Å²) in [5.41, 5.74) is 9.36. The molecule has 3 N–H and O–H groups in total.